The molecule has 2 N–H and O–H groups in total. The minimum atomic E-state index is -0.597. The third-order valence-electron chi connectivity index (χ3n) is 5.16. The van der Waals surface area contributed by atoms with E-state index in [4.69, 9.17) is 15.2 Å². The van der Waals surface area contributed by atoms with E-state index in [9.17, 15) is 23.6 Å². The molecule has 2 aliphatic heterocycles. The number of cyclic esters (lactones) is 1. The molecule has 3 amide bonds. The van der Waals surface area contributed by atoms with E-state index in [2.05, 4.69) is 0 Å². The molecule has 3 rings (SSSR count). The standard InChI is InChI=1S/C21H24FN3O6/c1-13(26)30-12-20(28)24-8-6-14(7-9-24)17-4-2-15(10-18(17)22)25-11-16(31-21(25)29)3-5-19(23)27/h2,4,6,10,16H,3,5,7-9,11-12H2,1H3,(H2,23,27)/t16-/m0/s1. The lowest BCUT2D eigenvalue weighted by atomic mass is 9.98. The highest BCUT2D eigenvalue weighted by molar-refractivity contribution is 5.90. The monoisotopic (exact) mass is 433 g/mol. The highest BCUT2D eigenvalue weighted by atomic mass is 19.1. The second-order valence-electron chi connectivity index (χ2n) is 7.38. The Hall–Kier alpha value is -3.43. The Bertz CT molecular complexity index is 932. The fourth-order valence-electron chi connectivity index (χ4n) is 3.51. The van der Waals surface area contributed by atoms with Gasteiger partial charge in [0.1, 0.15) is 11.9 Å². The first-order valence-corrected chi connectivity index (χ1v) is 9.91. The van der Waals surface area contributed by atoms with Crippen molar-refractivity contribution in [3.8, 4) is 0 Å². The summed E-state index contributed by atoms with van der Waals surface area (Å²) in [4.78, 5) is 48.7. The number of nitrogens with two attached hydrogens (primary N) is 1. The Morgan fingerprint density at radius 1 is 1.32 bits per heavy atom. The smallest absolute Gasteiger partial charge is 0.414 e. The second kappa shape index (κ2) is 9.59. The van der Waals surface area contributed by atoms with Crippen LogP contribution in [-0.4, -0.2) is 61.1 Å². The van der Waals surface area contributed by atoms with Crippen molar-refractivity contribution in [3.05, 3.63) is 35.7 Å². The number of ether oxygens (including phenoxy) is 2. The van der Waals surface area contributed by atoms with E-state index in [0.29, 0.717) is 30.6 Å². The molecule has 0 radical (unpaired) electrons. The van der Waals surface area contributed by atoms with E-state index in [1.807, 2.05) is 0 Å². The first-order valence-electron chi connectivity index (χ1n) is 9.91. The van der Waals surface area contributed by atoms with Crippen molar-refractivity contribution in [2.45, 2.75) is 32.3 Å². The Labute approximate surface area is 178 Å². The summed E-state index contributed by atoms with van der Waals surface area (Å²) < 4.78 is 24.7. The van der Waals surface area contributed by atoms with Gasteiger partial charge in [-0.15, -0.1) is 0 Å². The predicted octanol–water partition coefficient (Wildman–Crippen LogP) is 1.60. The van der Waals surface area contributed by atoms with Crippen LogP contribution in [0.2, 0.25) is 0 Å². The van der Waals surface area contributed by atoms with Crippen molar-refractivity contribution in [1.82, 2.24) is 4.90 Å². The number of amides is 3. The highest BCUT2D eigenvalue weighted by Gasteiger charge is 2.33. The van der Waals surface area contributed by atoms with Crippen molar-refractivity contribution >= 4 is 35.1 Å². The van der Waals surface area contributed by atoms with Crippen molar-refractivity contribution < 1.29 is 33.0 Å². The van der Waals surface area contributed by atoms with E-state index < -0.39 is 29.9 Å². The summed E-state index contributed by atoms with van der Waals surface area (Å²) in [6.45, 7) is 1.81. The number of carbonyl (C=O) groups is 4. The van der Waals surface area contributed by atoms with Gasteiger partial charge in [0.2, 0.25) is 5.91 Å². The molecule has 1 aromatic carbocycles. The van der Waals surface area contributed by atoms with Gasteiger partial charge in [0.05, 0.1) is 12.2 Å². The number of carbonyl (C=O) groups excluding carboxylic acids is 4. The molecule has 1 fully saturated rings. The normalized spacial score (nSPS) is 18.5. The maximum absolute atomic E-state index is 14.8. The van der Waals surface area contributed by atoms with Gasteiger partial charge in [0.25, 0.3) is 5.91 Å². The summed E-state index contributed by atoms with van der Waals surface area (Å²) in [5, 5.41) is 0. The molecular formula is C21H24FN3O6. The molecule has 0 saturated carbocycles. The SMILES string of the molecule is CC(=O)OCC(=O)N1CC=C(c2ccc(N3C[C@H](CCC(N)=O)OC3=O)cc2F)CC1. The van der Waals surface area contributed by atoms with E-state index in [1.54, 1.807) is 18.2 Å². The van der Waals surface area contributed by atoms with Crippen LogP contribution in [0.4, 0.5) is 14.9 Å². The highest BCUT2D eigenvalue weighted by Crippen LogP contribution is 2.30. The molecule has 2 aliphatic rings. The molecule has 31 heavy (non-hydrogen) atoms. The van der Waals surface area contributed by atoms with Crippen LogP contribution in [0.1, 0.15) is 31.7 Å². The van der Waals surface area contributed by atoms with E-state index in [0.717, 1.165) is 5.57 Å². The van der Waals surface area contributed by atoms with Crippen molar-refractivity contribution in [2.24, 2.45) is 5.73 Å². The Balaban J connectivity index is 1.64. The van der Waals surface area contributed by atoms with Gasteiger partial charge in [-0.25, -0.2) is 9.18 Å². The van der Waals surface area contributed by atoms with Gasteiger partial charge in [-0.3, -0.25) is 19.3 Å². The summed E-state index contributed by atoms with van der Waals surface area (Å²) in [6.07, 6.45) is 1.56. The maximum atomic E-state index is 14.8. The third kappa shape index (κ3) is 5.59. The van der Waals surface area contributed by atoms with Crippen LogP contribution in [0, 0.1) is 5.82 Å². The van der Waals surface area contributed by atoms with Gasteiger partial charge in [-0.1, -0.05) is 6.08 Å². The number of hydrogen-bond acceptors (Lipinski definition) is 6. The van der Waals surface area contributed by atoms with Crippen LogP contribution in [0.15, 0.2) is 24.3 Å². The van der Waals surface area contributed by atoms with Gasteiger partial charge in [0.15, 0.2) is 6.61 Å². The average Bonchev–Trinajstić information content (AvgIpc) is 3.11. The van der Waals surface area contributed by atoms with Crippen LogP contribution in [0.5, 0.6) is 0 Å². The van der Waals surface area contributed by atoms with Gasteiger partial charge in [-0.05, 0) is 36.6 Å². The molecule has 0 bridgehead atoms. The molecular weight excluding hydrogens is 409 g/mol. The zero-order valence-corrected chi connectivity index (χ0v) is 17.1. The molecule has 2 heterocycles. The van der Waals surface area contributed by atoms with Crippen LogP contribution < -0.4 is 10.6 Å². The van der Waals surface area contributed by atoms with Crippen molar-refractivity contribution in [1.29, 1.82) is 0 Å². The third-order valence-corrected chi connectivity index (χ3v) is 5.16. The predicted molar refractivity (Wildman–Crippen MR) is 108 cm³/mol. The summed E-state index contributed by atoms with van der Waals surface area (Å²) in [5.74, 6) is -1.79. The second-order valence-corrected chi connectivity index (χ2v) is 7.38. The zero-order valence-electron chi connectivity index (χ0n) is 17.1. The lowest BCUT2D eigenvalue weighted by Crippen LogP contribution is -2.37. The number of nitrogens with zero attached hydrogens (tertiary/aromatic N) is 2. The molecule has 0 spiro atoms. The Kier molecular flexibility index (Phi) is 6.88. The lowest BCUT2D eigenvalue weighted by molar-refractivity contribution is -0.150. The number of rotatable bonds is 7. The summed E-state index contributed by atoms with van der Waals surface area (Å²) in [5.41, 5.74) is 6.64. The maximum Gasteiger partial charge on any atom is 0.414 e. The summed E-state index contributed by atoms with van der Waals surface area (Å²) in [7, 11) is 0. The first kappa shape index (κ1) is 22.3. The number of benzene rings is 1. The number of primary amides is 1. The summed E-state index contributed by atoms with van der Waals surface area (Å²) >= 11 is 0. The first-order chi connectivity index (χ1) is 14.7. The Morgan fingerprint density at radius 3 is 2.71 bits per heavy atom. The van der Waals surface area contributed by atoms with Gasteiger partial charge in [0, 0.05) is 32.0 Å². The van der Waals surface area contributed by atoms with Gasteiger partial charge in [-0.2, -0.15) is 0 Å². The number of hydrogen-bond donors (Lipinski definition) is 1. The van der Waals surface area contributed by atoms with Gasteiger partial charge >= 0.3 is 12.1 Å². The summed E-state index contributed by atoms with van der Waals surface area (Å²) in [6, 6.07) is 4.50. The molecule has 9 nitrogen and oxygen atoms in total. The molecule has 166 valence electrons. The lowest BCUT2D eigenvalue weighted by Gasteiger charge is -2.26. The van der Waals surface area contributed by atoms with E-state index >= 15 is 0 Å². The fraction of sp³-hybridized carbons (Fsp3) is 0.429. The molecule has 1 saturated heterocycles. The topological polar surface area (TPSA) is 119 Å². The quantitative estimate of drug-likeness (QED) is 0.653. The van der Waals surface area contributed by atoms with Crippen LogP contribution >= 0.6 is 0 Å². The molecule has 10 heteroatoms. The number of anilines is 1. The minimum absolute atomic E-state index is 0.105. The number of esters is 1. The van der Waals surface area contributed by atoms with Crippen LogP contribution in [0.3, 0.4) is 0 Å². The average molecular weight is 433 g/mol. The van der Waals surface area contributed by atoms with Crippen LogP contribution in [-0.2, 0) is 23.9 Å². The van der Waals surface area contributed by atoms with Gasteiger partial charge < -0.3 is 20.1 Å². The molecule has 0 unspecified atom stereocenters. The molecule has 0 aromatic heterocycles. The molecule has 1 aromatic rings. The van der Waals surface area contributed by atoms with Crippen molar-refractivity contribution in [3.63, 3.8) is 0 Å². The minimum Gasteiger partial charge on any atom is -0.456 e. The molecule has 1 atom stereocenters. The largest absolute Gasteiger partial charge is 0.456 e. The number of halogens is 1. The Morgan fingerprint density at radius 2 is 2.10 bits per heavy atom. The van der Waals surface area contributed by atoms with Crippen LogP contribution in [0.25, 0.3) is 5.57 Å². The van der Waals surface area contributed by atoms with Crippen molar-refractivity contribution in [2.75, 3.05) is 31.1 Å². The zero-order chi connectivity index (χ0) is 22.5. The molecule has 0 aliphatic carbocycles. The fourth-order valence-corrected chi connectivity index (χ4v) is 3.51. The van der Waals surface area contributed by atoms with E-state index in [1.165, 1.54) is 22.8 Å². The van der Waals surface area contributed by atoms with E-state index in [-0.39, 0.29) is 32.0 Å².